The van der Waals surface area contributed by atoms with E-state index in [-0.39, 0.29) is 17.4 Å². The highest BCUT2D eigenvalue weighted by Crippen LogP contribution is 2.28. The van der Waals surface area contributed by atoms with E-state index in [0.717, 1.165) is 66.4 Å². The Kier molecular flexibility index (Phi) is 10.2. The number of urea groups is 1. The lowest BCUT2D eigenvalue weighted by atomic mass is 9.90. The van der Waals surface area contributed by atoms with E-state index in [4.69, 9.17) is 5.10 Å². The summed E-state index contributed by atoms with van der Waals surface area (Å²) in [7, 11) is 1.93. The Bertz CT molecular complexity index is 1970. The maximum atomic E-state index is 13.3. The van der Waals surface area contributed by atoms with Crippen molar-refractivity contribution in [3.8, 4) is 5.69 Å². The molecule has 3 amide bonds. The minimum Gasteiger partial charge on any atom is -0.339 e. The average molecular weight is 685 g/mol. The molecule has 0 unspecified atom stereocenters. The van der Waals surface area contributed by atoms with Crippen LogP contribution in [0.2, 0.25) is 0 Å². The Labute approximate surface area is 300 Å². The number of aryl methyl sites for hydroxylation is 3. The molecule has 10 nitrogen and oxygen atoms in total. The van der Waals surface area contributed by atoms with Crippen molar-refractivity contribution in [3.63, 3.8) is 0 Å². The fourth-order valence-corrected chi connectivity index (χ4v) is 6.38. The first-order chi connectivity index (χ1) is 24.3. The molecule has 51 heavy (non-hydrogen) atoms. The molecular weight excluding hydrogens is 637 g/mol. The molecule has 6 rings (SSSR count). The molecule has 0 aliphatic carbocycles. The van der Waals surface area contributed by atoms with Crippen LogP contribution in [0.15, 0.2) is 84.9 Å². The molecule has 3 heterocycles. The van der Waals surface area contributed by atoms with Crippen LogP contribution in [0.5, 0.6) is 0 Å². The van der Waals surface area contributed by atoms with Crippen LogP contribution in [-0.4, -0.2) is 56.7 Å². The lowest BCUT2D eigenvalue weighted by Crippen LogP contribution is -2.38. The van der Waals surface area contributed by atoms with Crippen LogP contribution in [0, 0.1) is 26.7 Å². The van der Waals surface area contributed by atoms with Crippen molar-refractivity contribution in [1.82, 2.24) is 24.6 Å². The summed E-state index contributed by atoms with van der Waals surface area (Å²) in [4.78, 5) is 39.4. The quantitative estimate of drug-likeness (QED) is 0.170. The number of hydrogen-bond acceptors (Lipinski definition) is 6. The smallest absolute Gasteiger partial charge is 0.324 e. The molecule has 0 radical (unpaired) electrons. The van der Waals surface area contributed by atoms with E-state index in [1.54, 1.807) is 4.68 Å². The molecule has 2 aromatic heterocycles. The Hall–Kier alpha value is -5.51. The standard InChI is InChI=1S/C41H48N8O2/c1-27-8-16-35(17-9-27)49-37(26-36(46-49)41(4,5)6)45-40(51)44-33-14-10-30(11-15-33)25-31-20-22-48(23-21-31)38(50)32-12-18-34(19-13-32)47(7)39-42-28(2)24-29(3)43-39/h8-19,24,26,31H,20-23,25H2,1-7H3,(H2,44,45,51). The normalized spacial score (nSPS) is 13.6. The topological polar surface area (TPSA) is 108 Å². The van der Waals surface area contributed by atoms with E-state index >= 15 is 0 Å². The lowest BCUT2D eigenvalue weighted by molar-refractivity contribution is 0.0690. The van der Waals surface area contributed by atoms with Crippen molar-refractivity contribution < 1.29 is 9.59 Å². The van der Waals surface area contributed by atoms with Gasteiger partial charge in [-0.25, -0.2) is 19.4 Å². The van der Waals surface area contributed by atoms with Crippen LogP contribution in [0.3, 0.4) is 0 Å². The minimum atomic E-state index is -0.328. The van der Waals surface area contributed by atoms with Crippen molar-refractivity contribution >= 4 is 35.1 Å². The fraction of sp³-hybridized carbons (Fsp3) is 0.341. The number of benzene rings is 3. The zero-order valence-electron chi connectivity index (χ0n) is 30.7. The van der Waals surface area contributed by atoms with E-state index in [9.17, 15) is 9.59 Å². The summed E-state index contributed by atoms with van der Waals surface area (Å²) in [5.74, 6) is 1.80. The van der Waals surface area contributed by atoms with E-state index in [2.05, 4.69) is 53.5 Å². The van der Waals surface area contributed by atoms with Crippen molar-refractivity contribution in [2.45, 2.75) is 66.2 Å². The van der Waals surface area contributed by atoms with Crippen LogP contribution < -0.4 is 15.5 Å². The van der Waals surface area contributed by atoms with Crippen LogP contribution >= 0.6 is 0 Å². The SMILES string of the molecule is Cc1ccc(-n2nc(C(C)(C)C)cc2NC(=O)Nc2ccc(CC3CCN(C(=O)c4ccc(N(C)c5nc(C)cc(C)n5)cc4)CC3)cc2)cc1. The van der Waals surface area contributed by atoms with Gasteiger partial charge in [-0.3, -0.25) is 10.1 Å². The molecular formula is C41H48N8O2. The fourth-order valence-electron chi connectivity index (χ4n) is 6.38. The summed E-state index contributed by atoms with van der Waals surface area (Å²) in [6.07, 6.45) is 2.83. The van der Waals surface area contributed by atoms with Crippen LogP contribution in [0.25, 0.3) is 5.69 Å². The van der Waals surface area contributed by atoms with Gasteiger partial charge in [0.15, 0.2) is 0 Å². The second kappa shape index (κ2) is 14.8. The molecule has 0 spiro atoms. The number of piperidine rings is 1. The number of likely N-dealkylation sites (tertiary alicyclic amines) is 1. The number of carbonyl (C=O) groups is 2. The van der Waals surface area contributed by atoms with E-state index in [0.29, 0.717) is 28.9 Å². The number of nitrogens with zero attached hydrogens (tertiary/aromatic N) is 6. The number of carbonyl (C=O) groups excluding carboxylic acids is 2. The van der Waals surface area contributed by atoms with E-state index < -0.39 is 0 Å². The average Bonchev–Trinajstić information content (AvgIpc) is 3.53. The third-order valence-corrected chi connectivity index (χ3v) is 9.41. The van der Waals surface area contributed by atoms with Crippen LogP contribution in [0.4, 0.5) is 27.9 Å². The molecule has 264 valence electrons. The number of nitrogens with one attached hydrogen (secondary N) is 2. The summed E-state index contributed by atoms with van der Waals surface area (Å²) < 4.78 is 1.78. The minimum absolute atomic E-state index is 0.0653. The van der Waals surface area contributed by atoms with Crippen molar-refractivity contribution in [2.75, 3.05) is 35.7 Å². The van der Waals surface area contributed by atoms with Gasteiger partial charge in [0.2, 0.25) is 5.95 Å². The first-order valence-electron chi connectivity index (χ1n) is 17.6. The highest BCUT2D eigenvalue weighted by Gasteiger charge is 2.25. The van der Waals surface area contributed by atoms with E-state index in [1.165, 1.54) is 5.56 Å². The van der Waals surface area contributed by atoms with Gasteiger partial charge in [0.1, 0.15) is 5.82 Å². The summed E-state index contributed by atoms with van der Waals surface area (Å²) in [5.41, 5.74) is 8.14. The monoisotopic (exact) mass is 684 g/mol. The predicted molar refractivity (Wildman–Crippen MR) is 204 cm³/mol. The number of hydrogen-bond donors (Lipinski definition) is 2. The Balaban J connectivity index is 0.999. The molecule has 1 fully saturated rings. The first kappa shape index (κ1) is 35.3. The molecule has 2 N–H and O–H groups in total. The maximum absolute atomic E-state index is 13.3. The Morgan fingerprint density at radius 1 is 0.824 bits per heavy atom. The second-order valence-corrected chi connectivity index (χ2v) is 14.7. The van der Waals surface area contributed by atoms with Crippen LogP contribution in [-0.2, 0) is 11.8 Å². The van der Waals surface area contributed by atoms with Gasteiger partial charge in [0, 0.05) is 59.9 Å². The highest BCUT2D eigenvalue weighted by atomic mass is 16.2. The molecule has 5 aromatic rings. The summed E-state index contributed by atoms with van der Waals surface area (Å²) in [6, 6.07) is 27.3. The van der Waals surface area contributed by atoms with Crippen molar-refractivity contribution in [3.05, 3.63) is 119 Å². The molecule has 10 heteroatoms. The number of amides is 3. The zero-order valence-corrected chi connectivity index (χ0v) is 30.7. The lowest BCUT2D eigenvalue weighted by Gasteiger charge is -2.32. The van der Waals surface area contributed by atoms with Gasteiger partial charge in [-0.15, -0.1) is 0 Å². The van der Waals surface area contributed by atoms with Gasteiger partial charge in [-0.05, 0) is 106 Å². The zero-order chi connectivity index (χ0) is 36.3. The molecule has 3 aromatic carbocycles. The second-order valence-electron chi connectivity index (χ2n) is 14.7. The van der Waals surface area contributed by atoms with Gasteiger partial charge < -0.3 is 15.1 Å². The van der Waals surface area contributed by atoms with Crippen LogP contribution in [0.1, 0.15) is 72.2 Å². The Morgan fingerprint density at radius 2 is 1.45 bits per heavy atom. The molecule has 1 aliphatic rings. The highest BCUT2D eigenvalue weighted by molar-refractivity contribution is 5.99. The largest absolute Gasteiger partial charge is 0.339 e. The van der Waals surface area contributed by atoms with Gasteiger partial charge in [-0.2, -0.15) is 5.10 Å². The summed E-state index contributed by atoms with van der Waals surface area (Å²) in [6.45, 7) is 13.7. The molecule has 0 atom stereocenters. The molecule has 1 aliphatic heterocycles. The maximum Gasteiger partial charge on any atom is 0.324 e. The summed E-state index contributed by atoms with van der Waals surface area (Å²) in [5, 5.41) is 10.8. The number of anilines is 4. The molecule has 0 saturated carbocycles. The van der Waals surface area contributed by atoms with Gasteiger partial charge in [0.25, 0.3) is 5.91 Å². The molecule has 0 bridgehead atoms. The van der Waals surface area contributed by atoms with Crippen molar-refractivity contribution in [2.24, 2.45) is 5.92 Å². The van der Waals surface area contributed by atoms with E-state index in [1.807, 2.05) is 110 Å². The number of aromatic nitrogens is 4. The van der Waals surface area contributed by atoms with Crippen molar-refractivity contribution in [1.29, 1.82) is 0 Å². The van der Waals surface area contributed by atoms with Gasteiger partial charge in [0.05, 0.1) is 11.4 Å². The molecule has 1 saturated heterocycles. The first-order valence-corrected chi connectivity index (χ1v) is 17.6. The van der Waals surface area contributed by atoms with Gasteiger partial charge in [-0.1, -0.05) is 50.6 Å². The predicted octanol–water partition coefficient (Wildman–Crippen LogP) is 8.39. The summed E-state index contributed by atoms with van der Waals surface area (Å²) >= 11 is 0. The third kappa shape index (κ3) is 8.63. The number of rotatable bonds is 8. The Morgan fingerprint density at radius 3 is 2.06 bits per heavy atom. The van der Waals surface area contributed by atoms with Gasteiger partial charge >= 0.3 is 6.03 Å². The third-order valence-electron chi connectivity index (χ3n) is 9.41.